The van der Waals surface area contributed by atoms with Crippen molar-refractivity contribution in [3.63, 3.8) is 0 Å². The minimum atomic E-state index is -0.481. The van der Waals surface area contributed by atoms with Crippen LogP contribution in [0, 0.1) is 6.92 Å². The average molecular weight is 357 g/mol. The first kappa shape index (κ1) is 15.2. The molecule has 5 rings (SSSR count). The molecular formula is C17H19N5O2S. The van der Waals surface area contributed by atoms with E-state index in [0.717, 1.165) is 66.2 Å². The smallest absolute Gasteiger partial charge is 0.268 e. The summed E-state index contributed by atoms with van der Waals surface area (Å²) in [6.45, 7) is 2.68. The number of nitrogens with two attached hydrogens (primary N) is 1. The van der Waals surface area contributed by atoms with Crippen LogP contribution >= 0.6 is 11.3 Å². The SMILES string of the molecule is Cc1c(-c2nc(C3(N)CCCC3)no2)sc2nc3n(c(=O)c12)CCC3. The second-order valence-electron chi connectivity index (χ2n) is 7.11. The third-order valence-corrected chi connectivity index (χ3v) is 6.65. The third-order valence-electron chi connectivity index (χ3n) is 5.47. The Kier molecular flexibility index (Phi) is 3.18. The van der Waals surface area contributed by atoms with E-state index in [9.17, 15) is 4.79 Å². The van der Waals surface area contributed by atoms with Gasteiger partial charge in [0.2, 0.25) is 0 Å². The topological polar surface area (TPSA) is 99.8 Å². The monoisotopic (exact) mass is 357 g/mol. The Labute approximate surface area is 147 Å². The predicted molar refractivity (Wildman–Crippen MR) is 94.6 cm³/mol. The van der Waals surface area contributed by atoms with Crippen molar-refractivity contribution in [1.29, 1.82) is 0 Å². The van der Waals surface area contributed by atoms with Gasteiger partial charge in [0, 0.05) is 13.0 Å². The Morgan fingerprint density at radius 3 is 2.84 bits per heavy atom. The van der Waals surface area contributed by atoms with Crippen molar-refractivity contribution in [2.75, 3.05) is 0 Å². The molecule has 1 aliphatic heterocycles. The van der Waals surface area contributed by atoms with E-state index in [1.54, 1.807) is 4.57 Å². The van der Waals surface area contributed by atoms with Crippen LogP contribution in [-0.2, 0) is 18.5 Å². The highest BCUT2D eigenvalue weighted by atomic mass is 32.1. The fraction of sp³-hybridized carbons (Fsp3) is 0.529. The molecule has 0 atom stereocenters. The van der Waals surface area contributed by atoms with Crippen LogP contribution in [-0.4, -0.2) is 19.7 Å². The summed E-state index contributed by atoms with van der Waals surface area (Å²) in [4.78, 5) is 23.6. The number of fused-ring (bicyclic) bond motifs is 2. The molecule has 3 aromatic rings. The zero-order chi connectivity index (χ0) is 17.2. The highest BCUT2D eigenvalue weighted by molar-refractivity contribution is 7.22. The zero-order valence-electron chi connectivity index (χ0n) is 14.0. The van der Waals surface area contributed by atoms with Gasteiger partial charge < -0.3 is 10.3 Å². The van der Waals surface area contributed by atoms with Gasteiger partial charge in [-0.2, -0.15) is 4.98 Å². The highest BCUT2D eigenvalue weighted by Gasteiger charge is 2.36. The molecule has 1 fully saturated rings. The highest BCUT2D eigenvalue weighted by Crippen LogP contribution is 2.38. The molecule has 3 aromatic heterocycles. The molecule has 0 radical (unpaired) electrons. The molecule has 0 bridgehead atoms. The molecule has 0 amide bonds. The number of hydrogen-bond donors (Lipinski definition) is 1. The Hall–Kier alpha value is -2.06. The van der Waals surface area contributed by atoms with Crippen LogP contribution in [0.3, 0.4) is 0 Å². The van der Waals surface area contributed by atoms with E-state index in [-0.39, 0.29) is 5.56 Å². The maximum absolute atomic E-state index is 12.8. The first-order chi connectivity index (χ1) is 12.1. The molecule has 2 aliphatic rings. The first-order valence-corrected chi connectivity index (χ1v) is 9.55. The van der Waals surface area contributed by atoms with Crippen molar-refractivity contribution >= 4 is 21.6 Å². The largest absolute Gasteiger partial charge is 0.333 e. The molecule has 0 aromatic carbocycles. The molecule has 4 heterocycles. The lowest BCUT2D eigenvalue weighted by Gasteiger charge is -2.17. The maximum atomic E-state index is 12.8. The number of thiophene rings is 1. The van der Waals surface area contributed by atoms with Crippen LogP contribution in [0.4, 0.5) is 0 Å². The predicted octanol–water partition coefficient (Wildman–Crippen LogP) is 2.49. The molecule has 0 unspecified atom stereocenters. The standard InChI is InChI=1S/C17H19N5O2S/c1-9-11-14(19-10-5-4-8-22(10)15(11)23)25-12(9)13-20-16(21-24-13)17(18)6-2-3-7-17/h2-8,18H2,1H3. The lowest BCUT2D eigenvalue weighted by atomic mass is 9.99. The summed E-state index contributed by atoms with van der Waals surface area (Å²) in [6, 6.07) is 0. The van der Waals surface area contributed by atoms with Gasteiger partial charge in [0.1, 0.15) is 10.7 Å². The van der Waals surface area contributed by atoms with E-state index in [1.807, 2.05) is 6.92 Å². The fourth-order valence-electron chi connectivity index (χ4n) is 4.03. The Morgan fingerprint density at radius 2 is 2.04 bits per heavy atom. The van der Waals surface area contributed by atoms with Gasteiger partial charge >= 0.3 is 0 Å². The summed E-state index contributed by atoms with van der Waals surface area (Å²) in [5.41, 5.74) is 6.86. The van der Waals surface area contributed by atoms with Crippen molar-refractivity contribution in [3.05, 3.63) is 27.6 Å². The van der Waals surface area contributed by atoms with Crippen molar-refractivity contribution in [3.8, 4) is 10.8 Å². The summed E-state index contributed by atoms with van der Waals surface area (Å²) >= 11 is 1.45. The maximum Gasteiger partial charge on any atom is 0.268 e. The molecule has 25 heavy (non-hydrogen) atoms. The van der Waals surface area contributed by atoms with Gasteiger partial charge in [-0.1, -0.05) is 18.0 Å². The van der Waals surface area contributed by atoms with Gasteiger partial charge in [-0.15, -0.1) is 11.3 Å². The molecule has 1 saturated carbocycles. The van der Waals surface area contributed by atoms with E-state index in [1.165, 1.54) is 11.3 Å². The van der Waals surface area contributed by atoms with Crippen LogP contribution < -0.4 is 11.3 Å². The normalized spacial score (nSPS) is 19.0. The lowest BCUT2D eigenvalue weighted by Crippen LogP contribution is -2.34. The molecule has 130 valence electrons. The van der Waals surface area contributed by atoms with E-state index < -0.39 is 5.54 Å². The van der Waals surface area contributed by atoms with Crippen LogP contribution in [0.5, 0.6) is 0 Å². The van der Waals surface area contributed by atoms with Crippen LogP contribution in [0.1, 0.15) is 49.3 Å². The van der Waals surface area contributed by atoms with E-state index in [4.69, 9.17) is 10.3 Å². The van der Waals surface area contributed by atoms with Gasteiger partial charge in [-0.25, -0.2) is 4.98 Å². The van der Waals surface area contributed by atoms with Crippen LogP contribution in [0.15, 0.2) is 9.32 Å². The molecule has 8 heteroatoms. The second-order valence-corrected chi connectivity index (χ2v) is 8.11. The molecule has 0 saturated heterocycles. The molecule has 7 nitrogen and oxygen atoms in total. The van der Waals surface area contributed by atoms with Gasteiger partial charge in [0.05, 0.1) is 15.8 Å². The summed E-state index contributed by atoms with van der Waals surface area (Å²) in [5.74, 6) is 1.89. The summed E-state index contributed by atoms with van der Waals surface area (Å²) in [6.07, 6.45) is 5.79. The third kappa shape index (κ3) is 2.13. The van der Waals surface area contributed by atoms with Crippen molar-refractivity contribution < 1.29 is 4.52 Å². The number of rotatable bonds is 2. The van der Waals surface area contributed by atoms with Crippen molar-refractivity contribution in [2.24, 2.45) is 5.73 Å². The van der Waals surface area contributed by atoms with Crippen molar-refractivity contribution in [1.82, 2.24) is 19.7 Å². The van der Waals surface area contributed by atoms with Crippen LogP contribution in [0.25, 0.3) is 21.0 Å². The lowest BCUT2D eigenvalue weighted by molar-refractivity contribution is 0.373. The minimum Gasteiger partial charge on any atom is -0.333 e. The average Bonchev–Trinajstić information content (AvgIpc) is 3.34. The molecule has 2 N–H and O–H groups in total. The second kappa shape index (κ2) is 5.22. The molecule has 1 aliphatic carbocycles. The number of aryl methyl sites for hydroxylation is 2. The summed E-state index contributed by atoms with van der Waals surface area (Å²) in [7, 11) is 0. The van der Waals surface area contributed by atoms with Gasteiger partial charge in [0.25, 0.3) is 11.4 Å². The Bertz CT molecular complexity index is 1040. The first-order valence-electron chi connectivity index (χ1n) is 8.73. The minimum absolute atomic E-state index is 0.0447. The summed E-state index contributed by atoms with van der Waals surface area (Å²) in [5, 5.41) is 4.81. The van der Waals surface area contributed by atoms with E-state index >= 15 is 0 Å². The number of aromatic nitrogens is 4. The Morgan fingerprint density at radius 1 is 1.24 bits per heavy atom. The van der Waals surface area contributed by atoms with E-state index in [2.05, 4.69) is 15.1 Å². The summed E-state index contributed by atoms with van der Waals surface area (Å²) < 4.78 is 7.30. The van der Waals surface area contributed by atoms with Crippen molar-refractivity contribution in [2.45, 2.75) is 57.5 Å². The fourth-order valence-corrected chi connectivity index (χ4v) is 5.14. The number of hydrogen-bond acceptors (Lipinski definition) is 7. The molecule has 0 spiro atoms. The Balaban J connectivity index is 1.65. The van der Waals surface area contributed by atoms with Crippen LogP contribution in [0.2, 0.25) is 0 Å². The van der Waals surface area contributed by atoms with E-state index in [0.29, 0.717) is 17.1 Å². The molecular weight excluding hydrogens is 338 g/mol. The van der Waals surface area contributed by atoms with Gasteiger partial charge in [0.15, 0.2) is 5.82 Å². The zero-order valence-corrected chi connectivity index (χ0v) is 14.9. The van der Waals surface area contributed by atoms with Gasteiger partial charge in [-0.05, 0) is 31.7 Å². The quantitative estimate of drug-likeness (QED) is 0.756. The van der Waals surface area contributed by atoms with Gasteiger partial charge in [-0.3, -0.25) is 9.36 Å². The number of nitrogens with zero attached hydrogens (tertiary/aromatic N) is 4.